The van der Waals surface area contributed by atoms with Gasteiger partial charge in [-0.25, -0.2) is 14.8 Å². The first-order valence-electron chi connectivity index (χ1n) is 6.13. The summed E-state index contributed by atoms with van der Waals surface area (Å²) in [4.78, 5) is 21.5. The van der Waals surface area contributed by atoms with Gasteiger partial charge in [-0.2, -0.15) is 0 Å². The SMILES string of the molecule is COC(=O)c1cnc(NCC(C)(C)CN(C)C)cn1. The van der Waals surface area contributed by atoms with Gasteiger partial charge in [0, 0.05) is 13.1 Å². The third-order valence-electron chi connectivity index (χ3n) is 2.54. The molecule has 0 atom stereocenters. The summed E-state index contributed by atoms with van der Waals surface area (Å²) in [7, 11) is 5.42. The molecular formula is C13H22N4O2. The molecule has 19 heavy (non-hydrogen) atoms. The number of anilines is 1. The molecule has 0 aromatic carbocycles. The van der Waals surface area contributed by atoms with Crippen LogP contribution in [0.4, 0.5) is 5.82 Å². The average molecular weight is 266 g/mol. The molecule has 106 valence electrons. The van der Waals surface area contributed by atoms with E-state index in [0.717, 1.165) is 13.1 Å². The zero-order valence-corrected chi connectivity index (χ0v) is 12.2. The minimum absolute atomic E-state index is 0.117. The van der Waals surface area contributed by atoms with Gasteiger partial charge in [-0.3, -0.25) is 0 Å². The van der Waals surface area contributed by atoms with Gasteiger partial charge in [0.1, 0.15) is 5.82 Å². The third kappa shape index (κ3) is 5.21. The summed E-state index contributed by atoms with van der Waals surface area (Å²) in [6, 6.07) is 0. The number of nitrogens with one attached hydrogen (secondary N) is 1. The van der Waals surface area contributed by atoms with E-state index in [1.807, 2.05) is 14.1 Å². The van der Waals surface area contributed by atoms with Crippen LogP contribution in [0, 0.1) is 5.41 Å². The number of hydrogen-bond donors (Lipinski definition) is 1. The van der Waals surface area contributed by atoms with Crippen LogP contribution in [0.1, 0.15) is 24.3 Å². The molecule has 0 aliphatic rings. The molecule has 1 N–H and O–H groups in total. The Labute approximate surface area is 114 Å². The Morgan fingerprint density at radius 3 is 2.53 bits per heavy atom. The molecule has 0 saturated carbocycles. The number of methoxy groups -OCH3 is 1. The van der Waals surface area contributed by atoms with E-state index in [0.29, 0.717) is 5.82 Å². The second-order valence-electron chi connectivity index (χ2n) is 5.53. The number of carbonyl (C=O) groups excluding carboxylic acids is 1. The summed E-state index contributed by atoms with van der Waals surface area (Å²) in [5, 5.41) is 3.22. The first-order chi connectivity index (χ1) is 8.84. The Bertz CT molecular complexity index is 415. The van der Waals surface area contributed by atoms with Crippen molar-refractivity contribution in [1.29, 1.82) is 0 Å². The van der Waals surface area contributed by atoms with Crippen LogP contribution in [0.15, 0.2) is 12.4 Å². The van der Waals surface area contributed by atoms with Crippen molar-refractivity contribution in [2.24, 2.45) is 5.41 Å². The predicted molar refractivity (Wildman–Crippen MR) is 74.2 cm³/mol. The van der Waals surface area contributed by atoms with Crippen LogP contribution in [-0.4, -0.2) is 55.1 Å². The Morgan fingerprint density at radius 2 is 2.05 bits per heavy atom. The number of esters is 1. The lowest BCUT2D eigenvalue weighted by atomic mass is 9.93. The van der Waals surface area contributed by atoms with Crippen LogP contribution in [-0.2, 0) is 4.74 Å². The molecule has 0 unspecified atom stereocenters. The normalized spacial score (nSPS) is 11.5. The van der Waals surface area contributed by atoms with E-state index in [1.54, 1.807) is 0 Å². The molecular weight excluding hydrogens is 244 g/mol. The molecule has 0 aliphatic carbocycles. The van der Waals surface area contributed by atoms with Crippen molar-refractivity contribution in [3.8, 4) is 0 Å². The standard InChI is InChI=1S/C13H22N4O2/c1-13(2,9-17(3)4)8-16-11-7-14-10(6-15-11)12(18)19-5/h6-7H,8-9H2,1-5H3,(H,15,16). The smallest absolute Gasteiger partial charge is 0.358 e. The van der Waals surface area contributed by atoms with Gasteiger partial charge < -0.3 is 15.0 Å². The molecule has 0 amide bonds. The van der Waals surface area contributed by atoms with Crippen molar-refractivity contribution in [3.63, 3.8) is 0 Å². The third-order valence-corrected chi connectivity index (χ3v) is 2.54. The molecule has 0 fully saturated rings. The minimum Gasteiger partial charge on any atom is -0.464 e. The molecule has 6 nitrogen and oxygen atoms in total. The molecule has 1 heterocycles. The zero-order chi connectivity index (χ0) is 14.5. The van der Waals surface area contributed by atoms with E-state index < -0.39 is 5.97 Å². The molecule has 0 bridgehead atoms. The topological polar surface area (TPSA) is 67.3 Å². The largest absolute Gasteiger partial charge is 0.464 e. The average Bonchev–Trinajstić information content (AvgIpc) is 2.34. The summed E-state index contributed by atoms with van der Waals surface area (Å²) in [6.45, 7) is 6.09. The van der Waals surface area contributed by atoms with Crippen LogP contribution >= 0.6 is 0 Å². The molecule has 0 radical (unpaired) electrons. The van der Waals surface area contributed by atoms with E-state index in [2.05, 4.69) is 38.8 Å². The Balaban J connectivity index is 2.57. The number of aromatic nitrogens is 2. The summed E-state index contributed by atoms with van der Waals surface area (Å²) in [5.74, 6) is 0.173. The van der Waals surface area contributed by atoms with E-state index >= 15 is 0 Å². The van der Waals surface area contributed by atoms with E-state index in [-0.39, 0.29) is 11.1 Å². The van der Waals surface area contributed by atoms with Crippen molar-refractivity contribution in [2.45, 2.75) is 13.8 Å². The second-order valence-corrected chi connectivity index (χ2v) is 5.53. The van der Waals surface area contributed by atoms with Gasteiger partial charge >= 0.3 is 5.97 Å². The first kappa shape index (κ1) is 15.4. The minimum atomic E-state index is -0.480. The van der Waals surface area contributed by atoms with Crippen molar-refractivity contribution < 1.29 is 9.53 Å². The Hall–Kier alpha value is -1.69. The van der Waals surface area contributed by atoms with Gasteiger partial charge in [0.05, 0.1) is 19.5 Å². The van der Waals surface area contributed by atoms with Crippen LogP contribution in [0.25, 0.3) is 0 Å². The highest BCUT2D eigenvalue weighted by atomic mass is 16.5. The monoisotopic (exact) mass is 266 g/mol. The number of ether oxygens (including phenoxy) is 1. The van der Waals surface area contributed by atoms with Crippen molar-refractivity contribution >= 4 is 11.8 Å². The fourth-order valence-corrected chi connectivity index (χ4v) is 1.87. The van der Waals surface area contributed by atoms with Crippen LogP contribution in [0.2, 0.25) is 0 Å². The van der Waals surface area contributed by atoms with Gasteiger partial charge in [-0.05, 0) is 19.5 Å². The van der Waals surface area contributed by atoms with Crippen LogP contribution in [0.3, 0.4) is 0 Å². The zero-order valence-electron chi connectivity index (χ0n) is 12.2. The summed E-state index contributed by atoms with van der Waals surface area (Å²) in [6.07, 6.45) is 2.95. The van der Waals surface area contributed by atoms with Gasteiger partial charge in [-0.1, -0.05) is 13.8 Å². The van der Waals surface area contributed by atoms with Crippen molar-refractivity contribution in [1.82, 2.24) is 14.9 Å². The van der Waals surface area contributed by atoms with E-state index in [1.165, 1.54) is 19.5 Å². The summed E-state index contributed by atoms with van der Waals surface area (Å²) < 4.78 is 4.57. The van der Waals surface area contributed by atoms with E-state index in [9.17, 15) is 4.79 Å². The fraction of sp³-hybridized carbons (Fsp3) is 0.615. The van der Waals surface area contributed by atoms with Crippen molar-refractivity contribution in [3.05, 3.63) is 18.1 Å². The molecule has 1 aromatic heterocycles. The molecule has 6 heteroatoms. The summed E-state index contributed by atoms with van der Waals surface area (Å²) in [5.41, 5.74) is 0.326. The highest BCUT2D eigenvalue weighted by Crippen LogP contribution is 2.16. The highest BCUT2D eigenvalue weighted by molar-refractivity contribution is 5.86. The fourth-order valence-electron chi connectivity index (χ4n) is 1.87. The number of rotatable bonds is 6. The van der Waals surface area contributed by atoms with Crippen molar-refractivity contribution in [2.75, 3.05) is 39.6 Å². The maximum atomic E-state index is 11.2. The molecule has 0 aliphatic heterocycles. The van der Waals surface area contributed by atoms with Gasteiger partial charge in [0.25, 0.3) is 0 Å². The van der Waals surface area contributed by atoms with Gasteiger partial charge in [0.2, 0.25) is 0 Å². The molecule has 0 saturated heterocycles. The predicted octanol–water partition coefficient (Wildman–Crippen LogP) is 1.26. The Kier molecular flexibility index (Phi) is 5.23. The number of hydrogen-bond acceptors (Lipinski definition) is 6. The van der Waals surface area contributed by atoms with Gasteiger partial charge in [0.15, 0.2) is 5.69 Å². The first-order valence-corrected chi connectivity index (χ1v) is 6.13. The quantitative estimate of drug-likeness (QED) is 0.782. The second kappa shape index (κ2) is 6.47. The molecule has 0 spiro atoms. The van der Waals surface area contributed by atoms with E-state index in [4.69, 9.17) is 0 Å². The highest BCUT2D eigenvalue weighted by Gasteiger charge is 2.18. The summed E-state index contributed by atoms with van der Waals surface area (Å²) >= 11 is 0. The maximum Gasteiger partial charge on any atom is 0.358 e. The molecule has 1 aromatic rings. The Morgan fingerprint density at radius 1 is 1.37 bits per heavy atom. The van der Waals surface area contributed by atoms with Crippen LogP contribution < -0.4 is 5.32 Å². The number of carbonyl (C=O) groups is 1. The van der Waals surface area contributed by atoms with Crippen LogP contribution in [0.5, 0.6) is 0 Å². The van der Waals surface area contributed by atoms with Gasteiger partial charge in [-0.15, -0.1) is 0 Å². The maximum absolute atomic E-state index is 11.2. The molecule has 1 rings (SSSR count). The number of nitrogens with zero attached hydrogens (tertiary/aromatic N) is 3. The lowest BCUT2D eigenvalue weighted by Gasteiger charge is -2.28. The lowest BCUT2D eigenvalue weighted by Crippen LogP contribution is -2.34. The lowest BCUT2D eigenvalue weighted by molar-refractivity contribution is 0.0593.